The van der Waals surface area contributed by atoms with Crippen molar-refractivity contribution in [1.29, 1.82) is 0 Å². The quantitative estimate of drug-likeness (QED) is 0.734. The number of methoxy groups -OCH3 is 1. The molecule has 0 N–H and O–H groups in total. The Kier molecular flexibility index (Phi) is 3.85. The van der Waals surface area contributed by atoms with Crippen LogP contribution in [0, 0.1) is 0 Å². The molecule has 1 rings (SSSR count). The SMILES string of the molecule is COC(=O)c1c(Br)ccc(Cl)c1C(F)(F)F. The first-order chi connectivity index (χ1) is 7.29. The lowest BCUT2D eigenvalue weighted by atomic mass is 10.1. The van der Waals surface area contributed by atoms with Crippen molar-refractivity contribution in [1.82, 2.24) is 0 Å². The van der Waals surface area contributed by atoms with Gasteiger partial charge in [0.2, 0.25) is 0 Å². The van der Waals surface area contributed by atoms with E-state index in [0.29, 0.717) is 0 Å². The molecule has 88 valence electrons. The van der Waals surface area contributed by atoms with Crippen LogP contribution in [0.3, 0.4) is 0 Å². The molecule has 16 heavy (non-hydrogen) atoms. The molecule has 0 saturated carbocycles. The van der Waals surface area contributed by atoms with E-state index in [-0.39, 0.29) is 4.47 Å². The Morgan fingerprint density at radius 2 is 2.00 bits per heavy atom. The van der Waals surface area contributed by atoms with Gasteiger partial charge in [0.1, 0.15) is 0 Å². The molecule has 1 aromatic carbocycles. The molecule has 0 unspecified atom stereocenters. The van der Waals surface area contributed by atoms with Crippen LogP contribution in [0.2, 0.25) is 5.02 Å². The lowest BCUT2D eigenvalue weighted by Crippen LogP contribution is -2.15. The summed E-state index contributed by atoms with van der Waals surface area (Å²) in [5, 5.41) is -0.545. The maximum absolute atomic E-state index is 12.7. The number of rotatable bonds is 1. The van der Waals surface area contributed by atoms with Crippen molar-refractivity contribution in [2.75, 3.05) is 7.11 Å². The number of esters is 1. The molecule has 0 spiro atoms. The molecule has 0 heterocycles. The van der Waals surface area contributed by atoms with Crippen LogP contribution in [0.25, 0.3) is 0 Å². The van der Waals surface area contributed by atoms with E-state index in [1.54, 1.807) is 0 Å². The van der Waals surface area contributed by atoms with Gasteiger partial charge in [0, 0.05) is 4.47 Å². The van der Waals surface area contributed by atoms with Crippen LogP contribution < -0.4 is 0 Å². The normalized spacial score (nSPS) is 11.4. The molecule has 0 aliphatic heterocycles. The number of halogens is 5. The zero-order chi connectivity index (χ0) is 12.5. The van der Waals surface area contributed by atoms with E-state index in [1.807, 2.05) is 0 Å². The number of hydrogen-bond acceptors (Lipinski definition) is 2. The van der Waals surface area contributed by atoms with Crippen LogP contribution in [-0.4, -0.2) is 13.1 Å². The lowest BCUT2D eigenvalue weighted by molar-refractivity contribution is -0.138. The summed E-state index contributed by atoms with van der Waals surface area (Å²) in [7, 11) is 0.996. The van der Waals surface area contributed by atoms with E-state index in [0.717, 1.165) is 13.2 Å². The zero-order valence-electron chi connectivity index (χ0n) is 7.86. The minimum Gasteiger partial charge on any atom is -0.465 e. The monoisotopic (exact) mass is 316 g/mol. The minimum absolute atomic E-state index is 0.0175. The maximum Gasteiger partial charge on any atom is 0.418 e. The number of benzene rings is 1. The predicted octanol–water partition coefficient (Wildman–Crippen LogP) is 3.91. The van der Waals surface area contributed by atoms with Gasteiger partial charge >= 0.3 is 12.1 Å². The van der Waals surface area contributed by atoms with Crippen LogP contribution >= 0.6 is 27.5 Å². The molecule has 0 fully saturated rings. The molecule has 0 amide bonds. The van der Waals surface area contributed by atoms with E-state index in [2.05, 4.69) is 20.7 Å². The first-order valence-electron chi connectivity index (χ1n) is 3.92. The summed E-state index contributed by atoms with van der Waals surface area (Å²) in [5.74, 6) is -1.10. The second-order valence-electron chi connectivity index (χ2n) is 2.77. The Labute approximate surface area is 102 Å². The van der Waals surface area contributed by atoms with Crippen molar-refractivity contribution in [2.45, 2.75) is 6.18 Å². The topological polar surface area (TPSA) is 26.3 Å². The van der Waals surface area contributed by atoms with E-state index in [1.165, 1.54) is 6.07 Å². The Balaban J connectivity index is 3.56. The fraction of sp³-hybridized carbons (Fsp3) is 0.222. The summed E-state index contributed by atoms with van der Waals surface area (Å²) in [6.07, 6.45) is -4.72. The average Bonchev–Trinajstić information content (AvgIpc) is 2.18. The number of carbonyl (C=O) groups excluding carboxylic acids is 1. The van der Waals surface area contributed by atoms with Gasteiger partial charge in [-0.1, -0.05) is 11.6 Å². The van der Waals surface area contributed by atoms with Crippen molar-refractivity contribution in [3.63, 3.8) is 0 Å². The summed E-state index contributed by atoms with van der Waals surface area (Å²) in [5.41, 5.74) is -1.82. The van der Waals surface area contributed by atoms with Crippen LogP contribution in [0.15, 0.2) is 16.6 Å². The van der Waals surface area contributed by atoms with Crippen LogP contribution in [-0.2, 0) is 10.9 Å². The molecule has 1 aromatic rings. The standard InChI is InChI=1S/C9H5BrClF3O2/c1-16-8(15)6-4(10)2-3-5(11)7(6)9(12,13)14/h2-3H,1H3. The average molecular weight is 317 g/mol. The second-order valence-corrected chi connectivity index (χ2v) is 4.03. The van der Waals surface area contributed by atoms with Gasteiger partial charge in [0.25, 0.3) is 0 Å². The van der Waals surface area contributed by atoms with Crippen molar-refractivity contribution >= 4 is 33.5 Å². The number of ether oxygens (including phenoxy) is 1. The maximum atomic E-state index is 12.7. The van der Waals surface area contributed by atoms with Gasteiger partial charge in [-0.3, -0.25) is 0 Å². The third-order valence-corrected chi connectivity index (χ3v) is 2.75. The first kappa shape index (κ1) is 13.3. The second kappa shape index (κ2) is 4.63. The fourth-order valence-electron chi connectivity index (χ4n) is 1.13. The predicted molar refractivity (Wildman–Crippen MR) is 55.5 cm³/mol. The highest BCUT2D eigenvalue weighted by Crippen LogP contribution is 2.40. The molecule has 0 aliphatic carbocycles. The highest BCUT2D eigenvalue weighted by Gasteiger charge is 2.39. The fourth-order valence-corrected chi connectivity index (χ4v) is 1.89. The summed E-state index contributed by atoms with van der Waals surface area (Å²) in [6.45, 7) is 0. The van der Waals surface area contributed by atoms with E-state index in [4.69, 9.17) is 11.6 Å². The van der Waals surface area contributed by atoms with Gasteiger partial charge in [0.15, 0.2) is 0 Å². The van der Waals surface area contributed by atoms with Crippen molar-refractivity contribution in [3.8, 4) is 0 Å². The smallest absolute Gasteiger partial charge is 0.418 e. The van der Waals surface area contributed by atoms with Gasteiger partial charge in [-0.15, -0.1) is 0 Å². The highest BCUT2D eigenvalue weighted by atomic mass is 79.9. The molecule has 0 saturated heterocycles. The van der Waals surface area contributed by atoms with Gasteiger partial charge in [0.05, 0.1) is 23.3 Å². The molecular weight excluding hydrogens is 312 g/mol. The third-order valence-electron chi connectivity index (χ3n) is 1.78. The molecule has 7 heteroatoms. The summed E-state index contributed by atoms with van der Waals surface area (Å²) in [6, 6.07) is 2.31. The van der Waals surface area contributed by atoms with Crippen molar-refractivity contribution in [2.24, 2.45) is 0 Å². The van der Waals surface area contributed by atoms with E-state index < -0.39 is 28.3 Å². The molecule has 0 aliphatic rings. The van der Waals surface area contributed by atoms with Gasteiger partial charge in [-0.25, -0.2) is 4.79 Å². The first-order valence-corrected chi connectivity index (χ1v) is 5.09. The highest BCUT2D eigenvalue weighted by molar-refractivity contribution is 9.10. The van der Waals surface area contributed by atoms with Crippen molar-refractivity contribution < 1.29 is 22.7 Å². The Morgan fingerprint density at radius 3 is 2.44 bits per heavy atom. The number of hydrogen-bond donors (Lipinski definition) is 0. The Hall–Kier alpha value is -0.750. The van der Waals surface area contributed by atoms with Crippen LogP contribution in [0.5, 0.6) is 0 Å². The number of carbonyl (C=O) groups is 1. The lowest BCUT2D eigenvalue weighted by Gasteiger charge is -2.14. The Bertz CT molecular complexity index is 431. The van der Waals surface area contributed by atoms with Gasteiger partial charge in [-0.2, -0.15) is 13.2 Å². The van der Waals surface area contributed by atoms with Gasteiger partial charge in [-0.05, 0) is 28.1 Å². The van der Waals surface area contributed by atoms with Crippen molar-refractivity contribution in [3.05, 3.63) is 32.8 Å². The minimum atomic E-state index is -4.72. The number of alkyl halides is 3. The molecular formula is C9H5BrClF3O2. The summed E-state index contributed by atoms with van der Waals surface area (Å²) in [4.78, 5) is 11.2. The van der Waals surface area contributed by atoms with E-state index >= 15 is 0 Å². The molecule has 0 aromatic heterocycles. The third kappa shape index (κ3) is 2.49. The van der Waals surface area contributed by atoms with Gasteiger partial charge < -0.3 is 4.74 Å². The zero-order valence-corrected chi connectivity index (χ0v) is 10.2. The summed E-state index contributed by atoms with van der Waals surface area (Å²) >= 11 is 8.29. The molecule has 0 radical (unpaired) electrons. The largest absolute Gasteiger partial charge is 0.465 e. The van der Waals surface area contributed by atoms with Crippen LogP contribution in [0.4, 0.5) is 13.2 Å². The molecule has 2 nitrogen and oxygen atoms in total. The van der Waals surface area contributed by atoms with Crippen LogP contribution in [0.1, 0.15) is 15.9 Å². The summed E-state index contributed by atoms with van der Waals surface area (Å²) < 4.78 is 42.3. The van der Waals surface area contributed by atoms with E-state index in [9.17, 15) is 18.0 Å². The molecule has 0 bridgehead atoms. The Morgan fingerprint density at radius 1 is 1.44 bits per heavy atom. The molecule has 0 atom stereocenters.